The molecule has 0 aliphatic carbocycles. The highest BCUT2D eigenvalue weighted by molar-refractivity contribution is 6.05. The van der Waals surface area contributed by atoms with Crippen molar-refractivity contribution in [1.29, 1.82) is 0 Å². The van der Waals surface area contributed by atoms with E-state index in [-0.39, 0.29) is 18.3 Å². The normalized spacial score (nSPS) is 9.33. The van der Waals surface area contributed by atoms with Crippen LogP contribution >= 0.6 is 12.4 Å². The van der Waals surface area contributed by atoms with Crippen LogP contribution in [0.15, 0.2) is 48.5 Å². The number of halogens is 1. The number of anilines is 3. The standard InChI is InChI=1S/C13H13N3O.ClH/c14-10-7-5-9(6-8-10)13(17)16-12-4-2-1-3-11(12)15;/h1-8H,14-15H2,(H,16,17);1H. The molecule has 0 aliphatic heterocycles. The highest BCUT2D eigenvalue weighted by Gasteiger charge is 2.06. The third kappa shape index (κ3) is 3.15. The van der Waals surface area contributed by atoms with E-state index in [1.54, 1.807) is 36.4 Å². The minimum absolute atomic E-state index is 0. The number of hydrogen-bond donors (Lipinski definition) is 3. The topological polar surface area (TPSA) is 81.1 Å². The van der Waals surface area contributed by atoms with Gasteiger partial charge in [-0.15, -0.1) is 12.4 Å². The molecular weight excluding hydrogens is 250 g/mol. The first-order valence-corrected chi connectivity index (χ1v) is 5.18. The van der Waals surface area contributed by atoms with E-state index in [2.05, 4.69) is 5.32 Å². The summed E-state index contributed by atoms with van der Waals surface area (Å²) in [6.07, 6.45) is 0. The summed E-state index contributed by atoms with van der Waals surface area (Å²) < 4.78 is 0. The van der Waals surface area contributed by atoms with Gasteiger partial charge in [-0.05, 0) is 36.4 Å². The maximum absolute atomic E-state index is 11.9. The molecule has 0 saturated carbocycles. The number of carbonyl (C=O) groups excluding carboxylic acids is 1. The largest absolute Gasteiger partial charge is 0.399 e. The Balaban J connectivity index is 0.00000162. The van der Waals surface area contributed by atoms with Gasteiger partial charge < -0.3 is 16.8 Å². The summed E-state index contributed by atoms with van der Waals surface area (Å²) in [5.41, 5.74) is 13.6. The van der Waals surface area contributed by atoms with Crippen molar-refractivity contribution in [3.05, 3.63) is 54.1 Å². The van der Waals surface area contributed by atoms with Crippen molar-refractivity contribution >= 4 is 35.4 Å². The fraction of sp³-hybridized carbons (Fsp3) is 0. The van der Waals surface area contributed by atoms with Crippen LogP contribution in [0.2, 0.25) is 0 Å². The molecule has 0 radical (unpaired) electrons. The van der Waals surface area contributed by atoms with Gasteiger partial charge in [0, 0.05) is 11.3 Å². The van der Waals surface area contributed by atoms with Crippen molar-refractivity contribution in [2.75, 3.05) is 16.8 Å². The number of carbonyl (C=O) groups is 1. The zero-order valence-corrected chi connectivity index (χ0v) is 10.4. The molecular formula is C13H14ClN3O. The van der Waals surface area contributed by atoms with E-state index in [1.807, 2.05) is 12.1 Å². The van der Waals surface area contributed by atoms with E-state index in [9.17, 15) is 4.79 Å². The van der Waals surface area contributed by atoms with E-state index >= 15 is 0 Å². The van der Waals surface area contributed by atoms with Gasteiger partial charge in [-0.1, -0.05) is 12.1 Å². The third-order valence-electron chi connectivity index (χ3n) is 2.38. The van der Waals surface area contributed by atoms with Crippen LogP contribution in [0.25, 0.3) is 0 Å². The van der Waals surface area contributed by atoms with Crippen LogP contribution in [0.5, 0.6) is 0 Å². The number of nitrogens with one attached hydrogen (secondary N) is 1. The fourth-order valence-corrected chi connectivity index (χ4v) is 1.44. The van der Waals surface area contributed by atoms with Gasteiger partial charge in [0.15, 0.2) is 0 Å². The second-order valence-electron chi connectivity index (χ2n) is 3.66. The number of para-hydroxylation sites is 2. The van der Waals surface area contributed by atoms with Crippen LogP contribution in [0.4, 0.5) is 17.1 Å². The Morgan fingerprint density at radius 2 is 1.56 bits per heavy atom. The molecule has 0 spiro atoms. The smallest absolute Gasteiger partial charge is 0.255 e. The number of hydrogen-bond acceptors (Lipinski definition) is 3. The minimum Gasteiger partial charge on any atom is -0.399 e. The number of amides is 1. The quantitative estimate of drug-likeness (QED) is 0.728. The number of benzene rings is 2. The van der Waals surface area contributed by atoms with Gasteiger partial charge in [0.1, 0.15) is 0 Å². The van der Waals surface area contributed by atoms with Gasteiger partial charge in [0.05, 0.1) is 11.4 Å². The van der Waals surface area contributed by atoms with Crippen LogP contribution < -0.4 is 16.8 Å². The second-order valence-corrected chi connectivity index (χ2v) is 3.66. The lowest BCUT2D eigenvalue weighted by atomic mass is 10.2. The van der Waals surface area contributed by atoms with Crippen LogP contribution in [-0.2, 0) is 0 Å². The van der Waals surface area contributed by atoms with Gasteiger partial charge in [0.25, 0.3) is 5.91 Å². The summed E-state index contributed by atoms with van der Waals surface area (Å²) in [5, 5.41) is 2.74. The first kappa shape index (κ1) is 13.9. The summed E-state index contributed by atoms with van der Waals surface area (Å²) in [4.78, 5) is 11.9. The van der Waals surface area contributed by atoms with Gasteiger partial charge in [-0.25, -0.2) is 0 Å². The molecule has 5 heteroatoms. The molecule has 94 valence electrons. The molecule has 0 fully saturated rings. The molecule has 0 saturated heterocycles. The monoisotopic (exact) mass is 263 g/mol. The molecule has 0 bridgehead atoms. The molecule has 5 N–H and O–H groups in total. The molecule has 2 rings (SSSR count). The summed E-state index contributed by atoms with van der Waals surface area (Å²) in [6.45, 7) is 0. The molecule has 0 aromatic heterocycles. The number of nitrogen functional groups attached to an aromatic ring is 2. The van der Waals surface area contributed by atoms with Crippen LogP contribution in [0, 0.1) is 0 Å². The second kappa shape index (κ2) is 5.93. The Hall–Kier alpha value is -2.20. The van der Waals surface area contributed by atoms with E-state index in [0.29, 0.717) is 22.6 Å². The SMILES string of the molecule is Cl.Nc1ccc(C(=O)Nc2ccccc2N)cc1. The summed E-state index contributed by atoms with van der Waals surface area (Å²) in [5.74, 6) is -0.206. The van der Waals surface area contributed by atoms with Crippen molar-refractivity contribution in [3.63, 3.8) is 0 Å². The molecule has 1 amide bonds. The summed E-state index contributed by atoms with van der Waals surface area (Å²) in [7, 11) is 0. The zero-order chi connectivity index (χ0) is 12.3. The van der Waals surface area contributed by atoms with E-state index < -0.39 is 0 Å². The lowest BCUT2D eigenvalue weighted by molar-refractivity contribution is 0.102. The van der Waals surface area contributed by atoms with E-state index in [0.717, 1.165) is 0 Å². The van der Waals surface area contributed by atoms with Gasteiger partial charge in [-0.3, -0.25) is 4.79 Å². The Labute approximate surface area is 111 Å². The van der Waals surface area contributed by atoms with Gasteiger partial charge in [0.2, 0.25) is 0 Å². The molecule has 2 aromatic carbocycles. The van der Waals surface area contributed by atoms with Gasteiger partial charge >= 0.3 is 0 Å². The predicted octanol–water partition coefficient (Wildman–Crippen LogP) is 2.53. The first-order valence-electron chi connectivity index (χ1n) is 5.18. The number of nitrogens with two attached hydrogens (primary N) is 2. The van der Waals surface area contributed by atoms with E-state index in [1.165, 1.54) is 0 Å². The Kier molecular flexibility index (Phi) is 4.57. The highest BCUT2D eigenvalue weighted by Crippen LogP contribution is 2.18. The minimum atomic E-state index is -0.206. The maximum atomic E-state index is 11.9. The average Bonchev–Trinajstić information content (AvgIpc) is 2.33. The maximum Gasteiger partial charge on any atom is 0.255 e. The van der Waals surface area contributed by atoms with Crippen LogP contribution in [0.1, 0.15) is 10.4 Å². The highest BCUT2D eigenvalue weighted by atomic mass is 35.5. The lowest BCUT2D eigenvalue weighted by Crippen LogP contribution is -2.13. The zero-order valence-electron chi connectivity index (χ0n) is 9.59. The molecule has 2 aromatic rings. The molecule has 0 unspecified atom stereocenters. The lowest BCUT2D eigenvalue weighted by Gasteiger charge is -2.07. The van der Waals surface area contributed by atoms with Crippen molar-refractivity contribution in [2.24, 2.45) is 0 Å². The Bertz CT molecular complexity index is 540. The molecule has 4 nitrogen and oxygen atoms in total. The van der Waals surface area contributed by atoms with Crippen LogP contribution in [-0.4, -0.2) is 5.91 Å². The van der Waals surface area contributed by atoms with Gasteiger partial charge in [-0.2, -0.15) is 0 Å². The Morgan fingerprint density at radius 1 is 0.944 bits per heavy atom. The van der Waals surface area contributed by atoms with Crippen molar-refractivity contribution in [3.8, 4) is 0 Å². The first-order chi connectivity index (χ1) is 8.16. The molecule has 0 aliphatic rings. The van der Waals surface area contributed by atoms with E-state index in [4.69, 9.17) is 11.5 Å². The van der Waals surface area contributed by atoms with Crippen molar-refractivity contribution < 1.29 is 4.79 Å². The van der Waals surface area contributed by atoms with Crippen molar-refractivity contribution in [1.82, 2.24) is 0 Å². The molecule has 0 atom stereocenters. The Morgan fingerprint density at radius 3 is 2.17 bits per heavy atom. The number of rotatable bonds is 2. The van der Waals surface area contributed by atoms with Crippen LogP contribution in [0.3, 0.4) is 0 Å². The summed E-state index contributed by atoms with van der Waals surface area (Å²) in [6, 6.07) is 13.8. The third-order valence-corrected chi connectivity index (χ3v) is 2.38. The molecule has 0 heterocycles. The summed E-state index contributed by atoms with van der Waals surface area (Å²) >= 11 is 0. The average molecular weight is 264 g/mol. The predicted molar refractivity (Wildman–Crippen MR) is 76.9 cm³/mol. The fourth-order valence-electron chi connectivity index (χ4n) is 1.44. The van der Waals surface area contributed by atoms with Crippen molar-refractivity contribution in [2.45, 2.75) is 0 Å². The molecule has 18 heavy (non-hydrogen) atoms.